The predicted octanol–water partition coefficient (Wildman–Crippen LogP) is 5.29. The van der Waals surface area contributed by atoms with Crippen molar-refractivity contribution in [3.63, 3.8) is 0 Å². The van der Waals surface area contributed by atoms with Gasteiger partial charge in [0.1, 0.15) is 12.2 Å². The lowest BCUT2D eigenvalue weighted by Gasteiger charge is -2.25. The predicted molar refractivity (Wildman–Crippen MR) is 130 cm³/mol. The number of hydrogen-bond donors (Lipinski definition) is 1. The summed E-state index contributed by atoms with van der Waals surface area (Å²) in [4.78, 5) is 11.2. The standard InChI is InChI=1S/C26H24ClN3O5/c1-33-23-7-3-5-18(25(23)34-2)24-19-13-17(27)8-9-20(19)30-11-4-6-21(30)22(35-24)10-12-29-15-16(14-28-29)26(31)32/h3-9,11,13-15,22,24H,10,12H2,1-2H3,(H,31,32)/t22-,24-/m1/s1. The third-order valence-corrected chi connectivity index (χ3v) is 6.39. The Kier molecular flexibility index (Phi) is 6.23. The number of halogens is 1. The van der Waals surface area contributed by atoms with Crippen LogP contribution in [0, 0.1) is 0 Å². The van der Waals surface area contributed by atoms with Crippen LogP contribution >= 0.6 is 11.6 Å². The van der Waals surface area contributed by atoms with Crippen LogP contribution in [0.25, 0.3) is 5.69 Å². The number of rotatable bonds is 7. The summed E-state index contributed by atoms with van der Waals surface area (Å²) in [5, 5.41) is 14.0. The number of methoxy groups -OCH3 is 2. The summed E-state index contributed by atoms with van der Waals surface area (Å²) in [6, 6.07) is 15.5. The SMILES string of the molecule is COc1cccc([C@H]2O[C@H](CCn3cc(C(=O)O)cn3)c3cccn3-c3ccc(Cl)cc32)c1OC. The second-order valence-electron chi connectivity index (χ2n) is 8.18. The minimum absolute atomic E-state index is 0.149. The first-order valence-electron chi connectivity index (χ1n) is 11.1. The Labute approximate surface area is 207 Å². The summed E-state index contributed by atoms with van der Waals surface area (Å²) in [6.07, 6.45) is 4.62. The zero-order valence-corrected chi connectivity index (χ0v) is 20.0. The fourth-order valence-corrected chi connectivity index (χ4v) is 4.74. The number of hydrogen-bond acceptors (Lipinski definition) is 5. The second-order valence-corrected chi connectivity index (χ2v) is 8.62. The number of para-hydroxylation sites is 1. The highest BCUT2D eigenvalue weighted by molar-refractivity contribution is 6.30. The molecule has 1 aliphatic rings. The van der Waals surface area contributed by atoms with Crippen molar-refractivity contribution in [2.75, 3.05) is 14.2 Å². The van der Waals surface area contributed by atoms with Gasteiger partial charge in [0.05, 0.1) is 37.4 Å². The zero-order valence-electron chi connectivity index (χ0n) is 19.2. The average molecular weight is 494 g/mol. The van der Waals surface area contributed by atoms with Gasteiger partial charge in [0.25, 0.3) is 0 Å². The maximum absolute atomic E-state index is 11.2. The molecule has 35 heavy (non-hydrogen) atoms. The van der Waals surface area contributed by atoms with E-state index in [9.17, 15) is 9.90 Å². The third-order valence-electron chi connectivity index (χ3n) is 6.16. The van der Waals surface area contributed by atoms with Crippen molar-refractivity contribution in [1.29, 1.82) is 0 Å². The highest BCUT2D eigenvalue weighted by atomic mass is 35.5. The lowest BCUT2D eigenvalue weighted by molar-refractivity contribution is -0.00167. The topological polar surface area (TPSA) is 87.7 Å². The van der Waals surface area contributed by atoms with E-state index in [1.165, 1.54) is 12.4 Å². The van der Waals surface area contributed by atoms with Gasteiger partial charge in [0.2, 0.25) is 0 Å². The van der Waals surface area contributed by atoms with Crippen molar-refractivity contribution in [2.24, 2.45) is 0 Å². The van der Waals surface area contributed by atoms with Crippen LogP contribution in [0.3, 0.4) is 0 Å². The van der Waals surface area contributed by atoms with Crippen LogP contribution in [0.5, 0.6) is 11.5 Å². The maximum atomic E-state index is 11.2. The molecule has 3 heterocycles. The molecule has 0 spiro atoms. The lowest BCUT2D eigenvalue weighted by Crippen LogP contribution is -2.14. The highest BCUT2D eigenvalue weighted by Gasteiger charge is 2.32. The molecule has 0 unspecified atom stereocenters. The Hall–Kier alpha value is -3.75. The van der Waals surface area contributed by atoms with Crippen molar-refractivity contribution >= 4 is 17.6 Å². The molecule has 0 saturated heterocycles. The van der Waals surface area contributed by atoms with Crippen molar-refractivity contribution in [1.82, 2.24) is 14.3 Å². The number of carbonyl (C=O) groups is 1. The highest BCUT2D eigenvalue weighted by Crippen LogP contribution is 2.46. The number of benzene rings is 2. The molecule has 0 fully saturated rings. The molecule has 5 rings (SSSR count). The Morgan fingerprint density at radius 2 is 2.00 bits per heavy atom. The van der Waals surface area contributed by atoms with E-state index in [1.807, 2.05) is 54.7 Å². The van der Waals surface area contributed by atoms with Gasteiger partial charge in [-0.2, -0.15) is 5.10 Å². The molecule has 0 saturated carbocycles. The van der Waals surface area contributed by atoms with E-state index in [0.29, 0.717) is 29.5 Å². The minimum atomic E-state index is -1.01. The smallest absolute Gasteiger partial charge is 0.338 e. The molecule has 0 radical (unpaired) electrons. The number of ether oxygens (including phenoxy) is 3. The monoisotopic (exact) mass is 493 g/mol. The molecule has 1 aliphatic heterocycles. The van der Waals surface area contributed by atoms with Crippen molar-refractivity contribution in [2.45, 2.75) is 25.2 Å². The number of carboxylic acids is 1. The molecule has 2 aromatic carbocycles. The van der Waals surface area contributed by atoms with Gasteiger partial charge in [-0.1, -0.05) is 23.7 Å². The van der Waals surface area contributed by atoms with E-state index in [4.69, 9.17) is 25.8 Å². The van der Waals surface area contributed by atoms with Crippen LogP contribution in [-0.2, 0) is 11.3 Å². The first-order chi connectivity index (χ1) is 17.0. The van der Waals surface area contributed by atoms with E-state index in [1.54, 1.807) is 18.9 Å². The summed E-state index contributed by atoms with van der Waals surface area (Å²) in [6.45, 7) is 0.474. The van der Waals surface area contributed by atoms with E-state index >= 15 is 0 Å². The second kappa shape index (κ2) is 9.48. The molecule has 9 heteroatoms. The number of aromatic carboxylic acids is 1. The molecule has 8 nitrogen and oxygen atoms in total. The third kappa shape index (κ3) is 4.26. The molecule has 0 bridgehead atoms. The summed E-state index contributed by atoms with van der Waals surface area (Å²) in [5.74, 6) is 0.193. The molecule has 0 aliphatic carbocycles. The van der Waals surface area contributed by atoms with Gasteiger partial charge in [-0.15, -0.1) is 0 Å². The summed E-state index contributed by atoms with van der Waals surface area (Å²) in [5.41, 5.74) is 3.80. The quantitative estimate of drug-likeness (QED) is 0.376. The Balaban J connectivity index is 1.59. The van der Waals surface area contributed by atoms with Crippen LogP contribution < -0.4 is 9.47 Å². The van der Waals surface area contributed by atoms with Crippen LogP contribution in [0.1, 0.15) is 45.8 Å². The van der Waals surface area contributed by atoms with Gasteiger partial charge in [0.15, 0.2) is 11.5 Å². The maximum Gasteiger partial charge on any atom is 0.338 e. The average Bonchev–Trinajstić information content (AvgIpc) is 3.52. The first kappa shape index (κ1) is 23.0. The van der Waals surface area contributed by atoms with Crippen LogP contribution in [-0.4, -0.2) is 39.6 Å². The van der Waals surface area contributed by atoms with E-state index in [2.05, 4.69) is 9.67 Å². The van der Waals surface area contributed by atoms with Gasteiger partial charge in [-0.25, -0.2) is 4.79 Å². The number of fused-ring (bicyclic) bond motifs is 3. The molecular weight excluding hydrogens is 470 g/mol. The van der Waals surface area contributed by atoms with Crippen molar-refractivity contribution in [3.05, 3.63) is 94.5 Å². The molecule has 180 valence electrons. The van der Waals surface area contributed by atoms with Crippen LogP contribution in [0.4, 0.5) is 0 Å². The fourth-order valence-electron chi connectivity index (χ4n) is 4.56. The largest absolute Gasteiger partial charge is 0.493 e. The Bertz CT molecular complexity index is 1380. The molecule has 0 amide bonds. The Morgan fingerprint density at radius 1 is 1.14 bits per heavy atom. The molecule has 4 aromatic rings. The number of carboxylic acid groups (broad SMARTS) is 1. The van der Waals surface area contributed by atoms with Crippen molar-refractivity contribution < 1.29 is 24.1 Å². The van der Waals surface area contributed by atoms with Gasteiger partial charge in [-0.3, -0.25) is 4.68 Å². The first-order valence-corrected chi connectivity index (χ1v) is 11.5. The number of nitrogens with zero attached hydrogens (tertiary/aromatic N) is 3. The number of aryl methyl sites for hydroxylation is 1. The summed E-state index contributed by atoms with van der Waals surface area (Å²) in [7, 11) is 3.21. The van der Waals surface area contributed by atoms with E-state index in [-0.39, 0.29) is 11.7 Å². The van der Waals surface area contributed by atoms with Gasteiger partial charge in [0, 0.05) is 35.1 Å². The van der Waals surface area contributed by atoms with Gasteiger partial charge < -0.3 is 23.9 Å². The van der Waals surface area contributed by atoms with Gasteiger partial charge >= 0.3 is 5.97 Å². The minimum Gasteiger partial charge on any atom is -0.493 e. The zero-order chi connectivity index (χ0) is 24.5. The van der Waals surface area contributed by atoms with Crippen LogP contribution in [0.2, 0.25) is 5.02 Å². The Morgan fingerprint density at radius 3 is 2.74 bits per heavy atom. The summed E-state index contributed by atoms with van der Waals surface area (Å²) >= 11 is 6.44. The van der Waals surface area contributed by atoms with E-state index in [0.717, 1.165) is 22.5 Å². The van der Waals surface area contributed by atoms with E-state index < -0.39 is 12.1 Å². The molecule has 1 N–H and O–H groups in total. The summed E-state index contributed by atoms with van der Waals surface area (Å²) < 4.78 is 21.8. The normalized spacial score (nSPS) is 16.8. The van der Waals surface area contributed by atoms with Crippen molar-refractivity contribution in [3.8, 4) is 17.2 Å². The molecule has 2 atom stereocenters. The van der Waals surface area contributed by atoms with Gasteiger partial charge in [-0.05, 0) is 42.8 Å². The fraction of sp³-hybridized carbons (Fsp3) is 0.231. The molecular formula is C26H24ClN3O5. The lowest BCUT2D eigenvalue weighted by atomic mass is 9.98. The molecule has 2 aromatic heterocycles. The van der Waals surface area contributed by atoms with Crippen LogP contribution in [0.15, 0.2) is 67.1 Å². The number of aromatic nitrogens is 3.